The van der Waals surface area contributed by atoms with E-state index in [4.69, 9.17) is 4.74 Å². The molecule has 0 aromatic heterocycles. The summed E-state index contributed by atoms with van der Waals surface area (Å²) >= 11 is 0. The Labute approximate surface area is 174 Å². The Morgan fingerprint density at radius 3 is 2.90 bits per heavy atom. The molecule has 2 aromatic rings. The quantitative estimate of drug-likeness (QED) is 0.730. The molecule has 152 valence electrons. The Balaban J connectivity index is 1.37. The van der Waals surface area contributed by atoms with Gasteiger partial charge in [0.15, 0.2) is 0 Å². The first-order valence-corrected chi connectivity index (χ1v) is 10.4. The van der Waals surface area contributed by atoms with Crippen LogP contribution >= 0.6 is 0 Å². The maximum atomic E-state index is 12.2. The van der Waals surface area contributed by atoms with Gasteiger partial charge >= 0.3 is 0 Å². The number of nitrogens with one attached hydrogen (secondary N) is 1. The summed E-state index contributed by atoms with van der Waals surface area (Å²) in [6.45, 7) is 3.48. The molecule has 0 saturated carbocycles. The van der Waals surface area contributed by atoms with Crippen LogP contribution in [-0.2, 0) is 11.3 Å². The van der Waals surface area contributed by atoms with Gasteiger partial charge in [0.1, 0.15) is 5.75 Å². The van der Waals surface area contributed by atoms with Crippen LogP contribution in [0.2, 0.25) is 0 Å². The molecule has 1 atom stereocenters. The molecule has 1 fully saturated rings. The van der Waals surface area contributed by atoms with Gasteiger partial charge in [-0.2, -0.15) is 0 Å². The molecule has 4 heteroatoms. The minimum Gasteiger partial charge on any atom is -0.497 e. The van der Waals surface area contributed by atoms with Crippen molar-refractivity contribution in [1.29, 1.82) is 0 Å². The summed E-state index contributed by atoms with van der Waals surface area (Å²) in [6.07, 6.45) is 3.90. The lowest BCUT2D eigenvalue weighted by Gasteiger charge is -2.31. The van der Waals surface area contributed by atoms with Crippen molar-refractivity contribution >= 4 is 5.91 Å². The second-order valence-corrected chi connectivity index (χ2v) is 7.58. The van der Waals surface area contributed by atoms with Gasteiger partial charge in [0.05, 0.1) is 13.7 Å². The lowest BCUT2D eigenvalue weighted by Crippen LogP contribution is -2.36. The van der Waals surface area contributed by atoms with Gasteiger partial charge in [-0.1, -0.05) is 42.2 Å². The molecule has 0 spiro atoms. The molecular weight excluding hydrogens is 360 g/mol. The topological polar surface area (TPSA) is 41.6 Å². The molecule has 1 aliphatic heterocycles. The molecule has 1 amide bonds. The first-order chi connectivity index (χ1) is 14.2. The number of hydrogen-bond donors (Lipinski definition) is 1. The van der Waals surface area contributed by atoms with Crippen molar-refractivity contribution in [1.82, 2.24) is 10.2 Å². The van der Waals surface area contributed by atoms with Gasteiger partial charge in [0.2, 0.25) is 5.91 Å². The van der Waals surface area contributed by atoms with Gasteiger partial charge in [-0.05, 0) is 61.6 Å². The molecule has 1 aliphatic rings. The zero-order chi connectivity index (χ0) is 20.3. The summed E-state index contributed by atoms with van der Waals surface area (Å²) in [6, 6.07) is 17.9. The molecule has 2 aromatic carbocycles. The Morgan fingerprint density at radius 2 is 2.07 bits per heavy atom. The number of hydrogen-bond acceptors (Lipinski definition) is 3. The van der Waals surface area contributed by atoms with Crippen LogP contribution in [0, 0.1) is 17.8 Å². The fourth-order valence-corrected chi connectivity index (χ4v) is 3.71. The number of ether oxygens (including phenoxy) is 1. The molecule has 1 saturated heterocycles. The number of likely N-dealkylation sites (tertiary alicyclic amines) is 1. The molecule has 1 heterocycles. The summed E-state index contributed by atoms with van der Waals surface area (Å²) in [4.78, 5) is 14.7. The highest BCUT2D eigenvalue weighted by Crippen LogP contribution is 2.20. The lowest BCUT2D eigenvalue weighted by molar-refractivity contribution is -0.121. The molecule has 0 unspecified atom stereocenters. The molecule has 0 radical (unpaired) electrons. The van der Waals surface area contributed by atoms with E-state index in [1.54, 1.807) is 7.11 Å². The van der Waals surface area contributed by atoms with E-state index in [1.165, 1.54) is 12.8 Å². The molecule has 29 heavy (non-hydrogen) atoms. The van der Waals surface area contributed by atoms with Crippen molar-refractivity contribution < 1.29 is 9.53 Å². The third-order valence-electron chi connectivity index (χ3n) is 5.32. The maximum Gasteiger partial charge on any atom is 0.220 e. The minimum absolute atomic E-state index is 0.119. The van der Waals surface area contributed by atoms with Crippen LogP contribution in [0.25, 0.3) is 0 Å². The van der Waals surface area contributed by atoms with Gasteiger partial charge in [0, 0.05) is 25.1 Å². The highest BCUT2D eigenvalue weighted by atomic mass is 16.5. The number of benzene rings is 2. The average Bonchev–Trinajstić information content (AvgIpc) is 2.77. The Morgan fingerprint density at radius 1 is 1.21 bits per heavy atom. The van der Waals surface area contributed by atoms with Gasteiger partial charge in [0.25, 0.3) is 0 Å². The van der Waals surface area contributed by atoms with E-state index in [1.807, 2.05) is 54.6 Å². The zero-order valence-electron chi connectivity index (χ0n) is 17.2. The molecule has 0 aliphatic carbocycles. The maximum absolute atomic E-state index is 12.2. The fraction of sp³-hybridized carbons (Fsp3) is 0.400. The van der Waals surface area contributed by atoms with Gasteiger partial charge < -0.3 is 10.1 Å². The van der Waals surface area contributed by atoms with Crippen LogP contribution < -0.4 is 10.1 Å². The normalized spacial score (nSPS) is 16.5. The third-order valence-corrected chi connectivity index (χ3v) is 5.32. The summed E-state index contributed by atoms with van der Waals surface area (Å²) in [5.74, 6) is 8.03. The number of nitrogens with zero attached hydrogens (tertiary/aromatic N) is 1. The third kappa shape index (κ3) is 7.29. The van der Waals surface area contributed by atoms with E-state index in [2.05, 4.69) is 22.1 Å². The molecular formula is C25H30N2O2. The Hall–Kier alpha value is -2.77. The largest absolute Gasteiger partial charge is 0.497 e. The number of piperidine rings is 1. The van der Waals surface area contributed by atoms with Crippen molar-refractivity contribution in [2.45, 2.75) is 32.2 Å². The number of amides is 1. The monoisotopic (exact) mass is 390 g/mol. The van der Waals surface area contributed by atoms with Crippen LogP contribution in [0.5, 0.6) is 5.75 Å². The van der Waals surface area contributed by atoms with Gasteiger partial charge in [-0.15, -0.1) is 0 Å². The highest BCUT2D eigenvalue weighted by Gasteiger charge is 2.19. The number of rotatable bonds is 7. The lowest BCUT2D eigenvalue weighted by atomic mass is 9.93. The summed E-state index contributed by atoms with van der Waals surface area (Å²) in [7, 11) is 1.65. The fourth-order valence-electron chi connectivity index (χ4n) is 3.71. The first kappa shape index (κ1) is 21.0. The van der Waals surface area contributed by atoms with Crippen molar-refractivity contribution in [3.05, 3.63) is 65.7 Å². The SMILES string of the molecule is COc1cccc(CNC(=O)CC[C@@H]2CCCN(CC#Cc3ccccc3)C2)c1. The van der Waals surface area contributed by atoms with Crippen LogP contribution in [0.15, 0.2) is 54.6 Å². The number of methoxy groups -OCH3 is 1. The summed E-state index contributed by atoms with van der Waals surface area (Å²) in [5, 5.41) is 3.02. The van der Waals surface area contributed by atoms with Gasteiger partial charge in [-0.3, -0.25) is 9.69 Å². The minimum atomic E-state index is 0.119. The van der Waals surface area contributed by atoms with Gasteiger partial charge in [-0.25, -0.2) is 0 Å². The standard InChI is InChI=1S/C25H30N2O2/c1-29-24-13-5-10-23(18-24)19-26-25(28)15-14-22-12-7-17-27(20-22)16-6-11-21-8-3-2-4-9-21/h2-5,8-10,13,18,22H,7,12,14-17,19-20H2,1H3,(H,26,28)/t22-/m0/s1. The Bertz CT molecular complexity index is 839. The first-order valence-electron chi connectivity index (χ1n) is 10.4. The van der Waals surface area contributed by atoms with Crippen molar-refractivity contribution in [2.75, 3.05) is 26.7 Å². The average molecular weight is 391 g/mol. The van der Waals surface area contributed by atoms with Crippen LogP contribution in [-0.4, -0.2) is 37.6 Å². The smallest absolute Gasteiger partial charge is 0.220 e. The molecule has 4 nitrogen and oxygen atoms in total. The Kier molecular flexibility index (Phi) is 8.15. The van der Waals surface area contributed by atoms with Crippen molar-refractivity contribution in [3.8, 4) is 17.6 Å². The molecule has 0 bridgehead atoms. The molecule has 3 rings (SSSR count). The van der Waals surface area contributed by atoms with Crippen LogP contribution in [0.3, 0.4) is 0 Å². The molecule has 1 N–H and O–H groups in total. The van der Waals surface area contributed by atoms with E-state index >= 15 is 0 Å². The second kappa shape index (κ2) is 11.3. The highest BCUT2D eigenvalue weighted by molar-refractivity contribution is 5.75. The number of carbonyl (C=O) groups excluding carboxylic acids is 1. The predicted octanol–water partition coefficient (Wildman–Crippen LogP) is 3.86. The van der Waals surface area contributed by atoms with Crippen LogP contribution in [0.1, 0.15) is 36.8 Å². The van der Waals surface area contributed by atoms with E-state index in [-0.39, 0.29) is 5.91 Å². The van der Waals surface area contributed by atoms with Crippen LogP contribution in [0.4, 0.5) is 0 Å². The van der Waals surface area contributed by atoms with Crippen molar-refractivity contribution in [3.63, 3.8) is 0 Å². The van der Waals surface area contributed by atoms with E-state index in [0.717, 1.165) is 42.9 Å². The zero-order valence-corrected chi connectivity index (χ0v) is 17.2. The predicted molar refractivity (Wildman–Crippen MR) is 117 cm³/mol. The van der Waals surface area contributed by atoms with E-state index < -0.39 is 0 Å². The summed E-state index contributed by atoms with van der Waals surface area (Å²) in [5.41, 5.74) is 2.12. The van der Waals surface area contributed by atoms with E-state index in [0.29, 0.717) is 18.9 Å². The summed E-state index contributed by atoms with van der Waals surface area (Å²) < 4.78 is 5.22. The van der Waals surface area contributed by atoms with E-state index in [9.17, 15) is 4.79 Å². The second-order valence-electron chi connectivity index (χ2n) is 7.58. The number of carbonyl (C=O) groups is 1. The van der Waals surface area contributed by atoms with Crippen molar-refractivity contribution in [2.24, 2.45) is 5.92 Å².